The van der Waals surface area contributed by atoms with Crippen LogP contribution < -0.4 is 20.5 Å². The molecule has 0 atom stereocenters. The Labute approximate surface area is 165 Å². The lowest BCUT2D eigenvalue weighted by Gasteiger charge is -2.10. The van der Waals surface area contributed by atoms with Gasteiger partial charge in [0.1, 0.15) is 0 Å². The molecule has 23 heavy (non-hydrogen) atoms. The van der Waals surface area contributed by atoms with Crippen LogP contribution in [0.4, 0.5) is 5.69 Å². The Morgan fingerprint density at radius 2 is 1.96 bits per heavy atom. The van der Waals surface area contributed by atoms with Crippen molar-refractivity contribution in [2.75, 3.05) is 26.1 Å². The van der Waals surface area contributed by atoms with Crippen molar-refractivity contribution in [3.8, 4) is 11.5 Å². The van der Waals surface area contributed by atoms with E-state index in [4.69, 9.17) is 15.2 Å². The van der Waals surface area contributed by atoms with E-state index in [1.54, 1.807) is 25.6 Å². The van der Waals surface area contributed by atoms with Crippen molar-refractivity contribution in [1.29, 1.82) is 0 Å². The van der Waals surface area contributed by atoms with Crippen LogP contribution in [0, 0.1) is 0 Å². The Kier molecular flexibility index (Phi) is 8.71. The van der Waals surface area contributed by atoms with Crippen molar-refractivity contribution in [3.05, 3.63) is 39.0 Å². The molecular weight excluding hydrogens is 493 g/mol. The number of nitrogens with one attached hydrogen (secondary N) is 1. The average molecular weight is 512 g/mol. The van der Waals surface area contributed by atoms with Crippen molar-refractivity contribution in [2.24, 2.45) is 10.7 Å². The van der Waals surface area contributed by atoms with E-state index in [0.717, 1.165) is 15.9 Å². The minimum atomic E-state index is 0. The number of halogens is 2. The van der Waals surface area contributed by atoms with Crippen molar-refractivity contribution < 1.29 is 9.47 Å². The lowest BCUT2D eigenvalue weighted by atomic mass is 10.3. The molecule has 0 spiro atoms. The molecular formula is C15H19BrIN3O2S. The summed E-state index contributed by atoms with van der Waals surface area (Å²) in [6, 6.07) is 9.62. The highest BCUT2D eigenvalue weighted by Crippen LogP contribution is 2.29. The van der Waals surface area contributed by atoms with Crippen molar-refractivity contribution in [2.45, 2.75) is 6.42 Å². The molecule has 1 aromatic carbocycles. The third-order valence-corrected chi connectivity index (χ3v) is 4.61. The first-order valence-electron chi connectivity index (χ1n) is 6.65. The van der Waals surface area contributed by atoms with Gasteiger partial charge in [0.2, 0.25) is 0 Å². The van der Waals surface area contributed by atoms with Gasteiger partial charge in [-0.15, -0.1) is 35.3 Å². The van der Waals surface area contributed by atoms with E-state index in [1.165, 1.54) is 4.88 Å². The smallest absolute Gasteiger partial charge is 0.193 e. The maximum atomic E-state index is 5.90. The number of methoxy groups -OCH3 is 2. The molecule has 0 bridgehead atoms. The number of nitrogens with zero attached hydrogens (tertiary/aromatic N) is 1. The number of rotatable bonds is 6. The van der Waals surface area contributed by atoms with Gasteiger partial charge in [0, 0.05) is 29.6 Å². The van der Waals surface area contributed by atoms with Crippen LogP contribution in [0.25, 0.3) is 0 Å². The molecule has 1 aromatic heterocycles. The average Bonchev–Trinajstić information content (AvgIpc) is 2.92. The first-order valence-corrected chi connectivity index (χ1v) is 8.26. The molecule has 2 aromatic rings. The van der Waals surface area contributed by atoms with Crippen LogP contribution in [0.1, 0.15) is 4.88 Å². The largest absolute Gasteiger partial charge is 0.493 e. The molecule has 0 unspecified atom stereocenters. The molecule has 0 saturated carbocycles. The SMILES string of the molecule is COc1ccc(NC(N)=NCCc2ccc(Br)s2)cc1OC.I. The van der Waals surface area contributed by atoms with Gasteiger partial charge in [0.15, 0.2) is 17.5 Å². The van der Waals surface area contributed by atoms with Gasteiger partial charge >= 0.3 is 0 Å². The second-order valence-corrected chi connectivity index (χ2v) is 6.97. The molecule has 126 valence electrons. The van der Waals surface area contributed by atoms with E-state index in [2.05, 4.69) is 32.3 Å². The minimum Gasteiger partial charge on any atom is -0.493 e. The monoisotopic (exact) mass is 511 g/mol. The Bertz CT molecular complexity index is 664. The van der Waals surface area contributed by atoms with E-state index >= 15 is 0 Å². The van der Waals surface area contributed by atoms with Gasteiger partial charge in [-0.3, -0.25) is 4.99 Å². The summed E-state index contributed by atoms with van der Waals surface area (Å²) in [6.45, 7) is 0.638. The van der Waals surface area contributed by atoms with Crippen LogP contribution >= 0.6 is 51.2 Å². The minimum absolute atomic E-state index is 0. The first-order chi connectivity index (χ1) is 10.6. The summed E-state index contributed by atoms with van der Waals surface area (Å²) in [4.78, 5) is 5.60. The van der Waals surface area contributed by atoms with Crippen LogP contribution in [0.5, 0.6) is 11.5 Å². The number of nitrogens with two attached hydrogens (primary N) is 1. The van der Waals surface area contributed by atoms with Gasteiger partial charge in [0.05, 0.1) is 18.0 Å². The van der Waals surface area contributed by atoms with Gasteiger partial charge in [0.25, 0.3) is 0 Å². The highest BCUT2D eigenvalue weighted by atomic mass is 127. The molecule has 0 aliphatic carbocycles. The van der Waals surface area contributed by atoms with Crippen molar-refractivity contribution in [3.63, 3.8) is 0 Å². The summed E-state index contributed by atoms with van der Waals surface area (Å²) in [7, 11) is 3.20. The number of aliphatic imine (C=N–C) groups is 1. The topological polar surface area (TPSA) is 68.9 Å². The van der Waals surface area contributed by atoms with Gasteiger partial charge in [-0.25, -0.2) is 0 Å². The zero-order valence-corrected chi connectivity index (χ0v) is 17.6. The van der Waals surface area contributed by atoms with Crippen LogP contribution in [-0.4, -0.2) is 26.7 Å². The van der Waals surface area contributed by atoms with Gasteiger partial charge in [-0.1, -0.05) is 0 Å². The maximum absolute atomic E-state index is 5.90. The van der Waals surface area contributed by atoms with E-state index in [1.807, 2.05) is 24.3 Å². The molecule has 1 heterocycles. The van der Waals surface area contributed by atoms with E-state index in [0.29, 0.717) is 24.0 Å². The van der Waals surface area contributed by atoms with Crippen LogP contribution in [0.2, 0.25) is 0 Å². The van der Waals surface area contributed by atoms with Gasteiger partial charge in [-0.2, -0.15) is 0 Å². The molecule has 0 aliphatic rings. The molecule has 8 heteroatoms. The summed E-state index contributed by atoms with van der Waals surface area (Å²) in [5, 5.41) is 3.05. The number of ether oxygens (including phenoxy) is 2. The van der Waals surface area contributed by atoms with Gasteiger partial charge < -0.3 is 20.5 Å². The molecule has 0 saturated heterocycles. The number of thiophene rings is 1. The fourth-order valence-corrected chi connectivity index (χ4v) is 3.35. The third kappa shape index (κ3) is 6.19. The quantitative estimate of drug-likeness (QED) is 0.348. The summed E-state index contributed by atoms with van der Waals surface area (Å²) < 4.78 is 11.6. The highest BCUT2D eigenvalue weighted by molar-refractivity contribution is 14.0. The molecule has 5 nitrogen and oxygen atoms in total. The van der Waals surface area contributed by atoms with Crippen molar-refractivity contribution in [1.82, 2.24) is 0 Å². The zero-order valence-electron chi connectivity index (χ0n) is 12.8. The van der Waals surface area contributed by atoms with Crippen LogP contribution in [0.15, 0.2) is 39.1 Å². The van der Waals surface area contributed by atoms with Crippen molar-refractivity contribution >= 4 is 62.9 Å². The number of hydrogen-bond donors (Lipinski definition) is 2. The summed E-state index contributed by atoms with van der Waals surface area (Å²) in [6.07, 6.45) is 0.866. The molecule has 0 amide bonds. The van der Waals surface area contributed by atoms with E-state index in [9.17, 15) is 0 Å². The van der Waals surface area contributed by atoms with Crippen LogP contribution in [-0.2, 0) is 6.42 Å². The standard InChI is InChI=1S/C15H18BrN3O2S.HI/c1-20-12-5-3-10(9-13(12)21-2)19-15(17)18-8-7-11-4-6-14(16)22-11;/h3-6,9H,7-8H2,1-2H3,(H3,17,18,19);1H. The number of anilines is 1. The molecule has 0 fully saturated rings. The molecule has 0 radical (unpaired) electrons. The number of hydrogen-bond acceptors (Lipinski definition) is 4. The third-order valence-electron chi connectivity index (χ3n) is 2.93. The second kappa shape index (κ2) is 9.99. The molecule has 3 N–H and O–H groups in total. The second-order valence-electron chi connectivity index (χ2n) is 4.42. The lowest BCUT2D eigenvalue weighted by molar-refractivity contribution is 0.355. The normalized spacial score (nSPS) is 10.8. The summed E-state index contributed by atoms with van der Waals surface area (Å²) >= 11 is 5.15. The highest BCUT2D eigenvalue weighted by Gasteiger charge is 2.05. The van der Waals surface area contributed by atoms with Gasteiger partial charge in [-0.05, 0) is 40.2 Å². The number of benzene rings is 1. The van der Waals surface area contributed by atoms with Crippen LogP contribution in [0.3, 0.4) is 0 Å². The predicted molar refractivity (Wildman–Crippen MR) is 111 cm³/mol. The summed E-state index contributed by atoms with van der Waals surface area (Å²) in [5.41, 5.74) is 6.70. The number of guanidine groups is 1. The fraction of sp³-hybridized carbons (Fsp3) is 0.267. The first kappa shape index (κ1) is 20.0. The Morgan fingerprint density at radius 3 is 2.57 bits per heavy atom. The van der Waals surface area contributed by atoms with E-state index in [-0.39, 0.29) is 24.0 Å². The zero-order chi connectivity index (χ0) is 15.9. The molecule has 2 rings (SSSR count). The maximum Gasteiger partial charge on any atom is 0.193 e. The molecule has 0 aliphatic heterocycles. The predicted octanol–water partition coefficient (Wildman–Crippen LogP) is 4.12. The van der Waals surface area contributed by atoms with E-state index < -0.39 is 0 Å². The Balaban J connectivity index is 0.00000264. The fourth-order valence-electron chi connectivity index (χ4n) is 1.87. The Morgan fingerprint density at radius 1 is 1.22 bits per heavy atom. The Hall–Kier alpha value is -1.000. The summed E-state index contributed by atoms with van der Waals surface area (Å²) in [5.74, 6) is 1.69. The lowest BCUT2D eigenvalue weighted by Crippen LogP contribution is -2.23.